The third-order valence-electron chi connectivity index (χ3n) is 8.13. The van der Waals surface area contributed by atoms with E-state index in [-0.39, 0.29) is 41.5 Å². The van der Waals surface area contributed by atoms with Crippen molar-refractivity contribution in [1.82, 2.24) is 20.9 Å². The molecule has 1 aromatic rings. The first kappa shape index (κ1) is 30.0. The largest absolute Gasteiger partial charge is 0.508 e. The van der Waals surface area contributed by atoms with E-state index in [9.17, 15) is 34.2 Å². The summed E-state index contributed by atoms with van der Waals surface area (Å²) in [7, 11) is 2.46. The highest BCUT2D eigenvalue weighted by Crippen LogP contribution is 2.41. The van der Waals surface area contributed by atoms with Gasteiger partial charge in [-0.25, -0.2) is 4.79 Å². The Labute approximate surface area is 241 Å². The topological polar surface area (TPSA) is 165 Å². The van der Waals surface area contributed by atoms with Crippen molar-refractivity contribution in [2.45, 2.75) is 69.5 Å². The molecule has 0 radical (unpaired) electrons. The minimum atomic E-state index is -1.12. The number of carboxylic acid groups (broad SMARTS) is 1. The van der Waals surface area contributed by atoms with Crippen LogP contribution in [0.15, 0.2) is 24.3 Å². The zero-order valence-electron chi connectivity index (χ0n) is 22.4. The lowest BCUT2D eigenvalue weighted by Crippen LogP contribution is -2.55. The van der Waals surface area contributed by atoms with Gasteiger partial charge in [0.1, 0.15) is 23.9 Å². The number of carbonyl (C=O) groups is 5. The van der Waals surface area contributed by atoms with E-state index in [2.05, 4.69) is 16.0 Å². The monoisotopic (exact) mass is 592 g/mol. The highest BCUT2D eigenvalue weighted by atomic mass is 33.1. The molecule has 1 unspecified atom stereocenters. The Morgan fingerprint density at radius 3 is 2.38 bits per heavy atom. The minimum absolute atomic E-state index is 0.0998. The van der Waals surface area contributed by atoms with Gasteiger partial charge in [-0.2, -0.15) is 0 Å². The normalized spacial score (nSPS) is 27.6. The van der Waals surface area contributed by atoms with Crippen LogP contribution in [0.25, 0.3) is 0 Å². The van der Waals surface area contributed by atoms with Gasteiger partial charge in [0, 0.05) is 37.4 Å². The van der Waals surface area contributed by atoms with Crippen molar-refractivity contribution in [2.75, 3.05) is 24.6 Å². The molecule has 0 bridgehead atoms. The smallest absolute Gasteiger partial charge is 0.327 e. The second kappa shape index (κ2) is 13.2. The molecule has 4 atom stereocenters. The zero-order valence-corrected chi connectivity index (χ0v) is 24.0. The molecule has 3 fully saturated rings. The summed E-state index contributed by atoms with van der Waals surface area (Å²) in [5.74, 6) is -2.42. The van der Waals surface area contributed by atoms with Crippen LogP contribution in [0.2, 0.25) is 0 Å². The molecule has 4 amide bonds. The maximum absolute atomic E-state index is 13.7. The molecule has 1 aliphatic carbocycles. The number of carbonyl (C=O) groups excluding carboxylic acids is 4. The van der Waals surface area contributed by atoms with Gasteiger partial charge in [-0.3, -0.25) is 19.2 Å². The summed E-state index contributed by atoms with van der Waals surface area (Å²) in [4.78, 5) is 65.8. The first-order valence-corrected chi connectivity index (χ1v) is 16.0. The van der Waals surface area contributed by atoms with Crippen molar-refractivity contribution in [3.8, 4) is 5.75 Å². The Bertz CT molecular complexity index is 1130. The van der Waals surface area contributed by atoms with Crippen LogP contribution < -0.4 is 16.0 Å². The Kier molecular flexibility index (Phi) is 9.88. The quantitative estimate of drug-likeness (QED) is 0.327. The van der Waals surface area contributed by atoms with Gasteiger partial charge in [-0.15, -0.1) is 0 Å². The third kappa shape index (κ3) is 6.85. The molecule has 218 valence electrons. The van der Waals surface area contributed by atoms with E-state index in [1.54, 1.807) is 24.3 Å². The van der Waals surface area contributed by atoms with Crippen molar-refractivity contribution in [3.05, 3.63) is 29.8 Å². The number of carboxylic acids is 1. The Hall–Kier alpha value is -2.93. The number of aromatic hydroxyl groups is 1. The van der Waals surface area contributed by atoms with Crippen LogP contribution in [0.1, 0.15) is 56.9 Å². The summed E-state index contributed by atoms with van der Waals surface area (Å²) in [6, 6.07) is 3.74. The third-order valence-corrected chi connectivity index (χ3v) is 10.5. The van der Waals surface area contributed by atoms with Crippen LogP contribution in [0, 0.1) is 5.41 Å². The van der Waals surface area contributed by atoms with Crippen LogP contribution in [-0.4, -0.2) is 87.4 Å². The van der Waals surface area contributed by atoms with Crippen molar-refractivity contribution in [2.24, 2.45) is 5.41 Å². The molecule has 3 aliphatic rings. The average molecular weight is 593 g/mol. The predicted octanol–water partition coefficient (Wildman–Crippen LogP) is 1.61. The van der Waals surface area contributed by atoms with Gasteiger partial charge < -0.3 is 31.1 Å². The van der Waals surface area contributed by atoms with Crippen LogP contribution in [0.4, 0.5) is 0 Å². The molecule has 11 nitrogen and oxygen atoms in total. The molecule has 2 aliphatic heterocycles. The predicted molar refractivity (Wildman–Crippen MR) is 152 cm³/mol. The first-order chi connectivity index (χ1) is 19.1. The molecule has 0 aromatic heterocycles. The van der Waals surface area contributed by atoms with E-state index in [4.69, 9.17) is 0 Å². The van der Waals surface area contributed by atoms with Crippen molar-refractivity contribution in [3.63, 3.8) is 0 Å². The Morgan fingerprint density at radius 2 is 1.73 bits per heavy atom. The molecule has 4 rings (SSSR count). The van der Waals surface area contributed by atoms with Gasteiger partial charge in [-0.05, 0) is 43.4 Å². The van der Waals surface area contributed by atoms with Crippen LogP contribution in [0.3, 0.4) is 0 Å². The number of phenols is 1. The van der Waals surface area contributed by atoms with Crippen LogP contribution >= 0.6 is 21.6 Å². The Balaban J connectivity index is 1.52. The van der Waals surface area contributed by atoms with Crippen molar-refractivity contribution >= 4 is 51.2 Å². The lowest BCUT2D eigenvalue weighted by Gasteiger charge is -2.30. The fraction of sp³-hybridized carbons (Fsp3) is 0.593. The summed E-state index contributed by atoms with van der Waals surface area (Å²) >= 11 is 0. The highest BCUT2D eigenvalue weighted by Gasteiger charge is 2.44. The number of nitrogens with one attached hydrogen (secondary N) is 3. The summed E-state index contributed by atoms with van der Waals surface area (Å²) in [5.41, 5.74) is 0.0826. The molecule has 40 heavy (non-hydrogen) atoms. The number of benzene rings is 1. The lowest BCUT2D eigenvalue weighted by molar-refractivity contribution is -0.143. The lowest BCUT2D eigenvalue weighted by atomic mass is 9.81. The van der Waals surface area contributed by atoms with Gasteiger partial charge in [-0.1, -0.05) is 46.6 Å². The second-order valence-corrected chi connectivity index (χ2v) is 13.2. The van der Waals surface area contributed by atoms with Gasteiger partial charge in [0.15, 0.2) is 0 Å². The second-order valence-electron chi connectivity index (χ2n) is 10.7. The standard InChI is InChI=1S/C27H36N4O7S2/c1-16(32)31-13-8-19(17-4-6-18(33)7-5-17)22(31)24(35)29-20-14-39-40-15-21(25(36)37)30-26(38)27(9-2-3-10-27)11-12-28-23(20)34/h4-7,19-22,33H,2-3,8-15H2,1H3,(H,28,34)(H,29,35)(H,30,38)(H,36,37)/t19-,20?,21-,22+/m0/s1. The summed E-state index contributed by atoms with van der Waals surface area (Å²) < 4.78 is 0. The van der Waals surface area contributed by atoms with E-state index in [0.29, 0.717) is 32.2 Å². The highest BCUT2D eigenvalue weighted by molar-refractivity contribution is 8.76. The number of amides is 4. The van der Waals surface area contributed by atoms with Gasteiger partial charge in [0.05, 0.1) is 5.41 Å². The molecule has 13 heteroatoms. The summed E-state index contributed by atoms with van der Waals surface area (Å²) in [6.07, 6.45) is 3.91. The van der Waals surface area contributed by atoms with E-state index in [1.165, 1.54) is 33.4 Å². The van der Waals surface area contributed by atoms with Crippen molar-refractivity contribution in [1.29, 1.82) is 0 Å². The summed E-state index contributed by atoms with van der Waals surface area (Å²) in [6.45, 7) is 2.01. The SMILES string of the molecule is CC(=O)N1CC[C@@H](c2ccc(O)cc2)[C@@H]1C(=O)NC1CSSC[C@@H](C(=O)O)NC(=O)C2(CCCC2)CCNC1=O. The van der Waals surface area contributed by atoms with Crippen LogP contribution in [-0.2, 0) is 24.0 Å². The molecular formula is C27H36N4O7S2. The molecule has 2 saturated heterocycles. The number of rotatable bonds is 4. The van der Waals surface area contributed by atoms with Crippen LogP contribution in [0.5, 0.6) is 5.75 Å². The zero-order chi connectivity index (χ0) is 28.9. The fourth-order valence-corrected chi connectivity index (χ4v) is 8.21. The number of hydrogen-bond acceptors (Lipinski definition) is 8. The number of aliphatic carboxylic acids is 1. The van der Waals surface area contributed by atoms with Gasteiger partial charge in [0.2, 0.25) is 23.6 Å². The van der Waals surface area contributed by atoms with E-state index >= 15 is 0 Å². The van der Waals surface area contributed by atoms with Gasteiger partial charge in [0.25, 0.3) is 0 Å². The average Bonchev–Trinajstić information content (AvgIpc) is 3.58. The number of nitrogens with zero attached hydrogens (tertiary/aromatic N) is 1. The summed E-state index contributed by atoms with van der Waals surface area (Å²) in [5, 5.41) is 27.8. The molecule has 1 saturated carbocycles. The number of hydrogen-bond donors (Lipinski definition) is 5. The van der Waals surface area contributed by atoms with E-state index in [0.717, 1.165) is 18.4 Å². The molecule has 2 heterocycles. The Morgan fingerprint density at radius 1 is 1.05 bits per heavy atom. The molecular weight excluding hydrogens is 556 g/mol. The van der Waals surface area contributed by atoms with Gasteiger partial charge >= 0.3 is 5.97 Å². The number of phenolic OH excluding ortho intramolecular Hbond substituents is 1. The van der Waals surface area contributed by atoms with E-state index in [1.807, 2.05) is 0 Å². The maximum Gasteiger partial charge on any atom is 0.327 e. The maximum atomic E-state index is 13.7. The van der Waals surface area contributed by atoms with Crippen molar-refractivity contribution < 1.29 is 34.2 Å². The fourth-order valence-electron chi connectivity index (χ4n) is 5.89. The first-order valence-electron chi connectivity index (χ1n) is 13.5. The number of likely N-dealkylation sites (tertiary alicyclic amines) is 1. The molecule has 5 N–H and O–H groups in total. The molecule has 1 spiro atoms. The van der Waals surface area contributed by atoms with E-state index < -0.39 is 41.3 Å². The minimum Gasteiger partial charge on any atom is -0.508 e. The molecule has 1 aromatic carbocycles.